The number of carbonyl (C=O) groups excluding carboxylic acids is 1. The lowest BCUT2D eigenvalue weighted by molar-refractivity contribution is -0.137. The number of Topliss-reactive ketones (excluding diaryl/α,β-unsaturated/α-hetero) is 1. The first-order chi connectivity index (χ1) is 15.3. The zero-order valence-corrected chi connectivity index (χ0v) is 17.5. The van der Waals surface area contributed by atoms with Crippen LogP contribution in [0.4, 0.5) is 13.2 Å². The van der Waals surface area contributed by atoms with E-state index in [2.05, 4.69) is 0 Å². The molecule has 1 N–H and O–H groups in total. The number of halogens is 3. The number of aromatic nitrogens is 1. The van der Waals surface area contributed by atoms with Crippen LogP contribution in [-0.4, -0.2) is 21.4 Å². The van der Waals surface area contributed by atoms with Crippen molar-refractivity contribution in [2.24, 2.45) is 5.92 Å². The highest BCUT2D eigenvalue weighted by Crippen LogP contribution is 2.38. The first-order valence-electron chi connectivity index (χ1n) is 10.8. The Labute approximate surface area is 183 Å². The minimum atomic E-state index is -4.55. The monoisotopic (exact) mass is 443 g/mol. The van der Waals surface area contributed by atoms with E-state index in [4.69, 9.17) is 0 Å². The fourth-order valence-electron chi connectivity index (χ4n) is 4.85. The van der Waals surface area contributed by atoms with Gasteiger partial charge in [-0.2, -0.15) is 13.2 Å². The van der Waals surface area contributed by atoms with Gasteiger partial charge < -0.3 is 9.67 Å². The number of hydrogen-bond acceptors (Lipinski definition) is 2. The summed E-state index contributed by atoms with van der Waals surface area (Å²) in [5, 5.41) is 9.88. The van der Waals surface area contributed by atoms with Gasteiger partial charge in [-0.15, -0.1) is 0 Å². The molecule has 0 unspecified atom stereocenters. The maximum Gasteiger partial charge on any atom is 0.416 e. The normalized spacial score (nSPS) is 14.8. The molecule has 0 radical (unpaired) electrons. The number of rotatable bonds is 7. The summed E-state index contributed by atoms with van der Waals surface area (Å²) < 4.78 is 42.0. The molecule has 32 heavy (non-hydrogen) atoms. The molecule has 2 aromatic carbocycles. The Morgan fingerprint density at radius 2 is 1.75 bits per heavy atom. The van der Waals surface area contributed by atoms with Gasteiger partial charge in [-0.3, -0.25) is 4.79 Å². The van der Waals surface area contributed by atoms with Gasteiger partial charge in [0.15, 0.2) is 0 Å². The number of fused-ring (bicyclic) bond motifs is 1. The molecular formula is C25H24F3NO3. The van der Waals surface area contributed by atoms with Crippen LogP contribution in [0.2, 0.25) is 0 Å². The van der Waals surface area contributed by atoms with Crippen molar-refractivity contribution in [1.29, 1.82) is 0 Å². The summed E-state index contributed by atoms with van der Waals surface area (Å²) in [6, 6.07) is 11.6. The number of aliphatic carboxylic acids is 1. The predicted octanol–water partition coefficient (Wildman–Crippen LogP) is 6.56. The van der Waals surface area contributed by atoms with Gasteiger partial charge in [-0.25, -0.2) is 4.79 Å². The highest BCUT2D eigenvalue weighted by molar-refractivity contribution is 6.43. The molecule has 1 aliphatic carbocycles. The summed E-state index contributed by atoms with van der Waals surface area (Å²) >= 11 is 0. The summed E-state index contributed by atoms with van der Waals surface area (Å²) in [6.07, 6.45) is 2.08. The maximum absolute atomic E-state index is 13.4. The molecule has 1 fully saturated rings. The highest BCUT2D eigenvalue weighted by atomic mass is 19.4. The first kappa shape index (κ1) is 22.1. The van der Waals surface area contributed by atoms with Crippen molar-refractivity contribution in [1.82, 2.24) is 4.57 Å². The van der Waals surface area contributed by atoms with Crippen molar-refractivity contribution in [2.45, 2.75) is 51.2 Å². The minimum absolute atomic E-state index is 0.0618. The van der Waals surface area contributed by atoms with E-state index in [1.165, 1.54) is 37.8 Å². The van der Waals surface area contributed by atoms with Crippen LogP contribution in [0.15, 0.2) is 48.5 Å². The molecule has 4 nitrogen and oxygen atoms in total. The Kier molecular flexibility index (Phi) is 6.09. The Balaban J connectivity index is 1.87. The van der Waals surface area contributed by atoms with Crippen LogP contribution in [-0.2, 0) is 17.5 Å². The van der Waals surface area contributed by atoms with Gasteiger partial charge in [-0.05, 0) is 42.5 Å². The van der Waals surface area contributed by atoms with Crippen molar-refractivity contribution in [3.8, 4) is 11.3 Å². The van der Waals surface area contributed by atoms with Crippen molar-refractivity contribution in [3.63, 3.8) is 0 Å². The molecule has 1 heterocycles. The Morgan fingerprint density at radius 3 is 2.44 bits per heavy atom. The van der Waals surface area contributed by atoms with E-state index < -0.39 is 23.5 Å². The molecule has 168 valence electrons. The molecule has 0 atom stereocenters. The highest BCUT2D eigenvalue weighted by Gasteiger charge is 2.32. The Hall–Kier alpha value is -3.09. The van der Waals surface area contributed by atoms with Gasteiger partial charge in [0, 0.05) is 17.4 Å². The molecule has 0 saturated heterocycles. The van der Waals surface area contributed by atoms with Crippen molar-refractivity contribution in [2.75, 3.05) is 0 Å². The molecule has 4 rings (SSSR count). The molecule has 1 aromatic heterocycles. The fourth-order valence-corrected chi connectivity index (χ4v) is 4.85. The fraction of sp³-hybridized carbons (Fsp3) is 0.360. The number of carboxylic acid groups (broad SMARTS) is 1. The van der Waals surface area contributed by atoms with Gasteiger partial charge in [0.2, 0.25) is 0 Å². The van der Waals surface area contributed by atoms with E-state index >= 15 is 0 Å². The third-order valence-electron chi connectivity index (χ3n) is 6.32. The molecular weight excluding hydrogens is 419 g/mol. The first-order valence-corrected chi connectivity index (χ1v) is 10.8. The lowest BCUT2D eigenvalue weighted by atomic mass is 9.99. The third kappa shape index (κ3) is 4.29. The number of para-hydroxylation sites is 1. The number of hydrogen-bond donors (Lipinski definition) is 1. The Bertz CT molecular complexity index is 1160. The summed E-state index contributed by atoms with van der Waals surface area (Å²) in [5.41, 5.74) is 0.160. The zero-order chi connectivity index (χ0) is 22.9. The number of aryl methyl sites for hydroxylation is 1. The summed E-state index contributed by atoms with van der Waals surface area (Å²) in [6.45, 7) is 0.496. The van der Waals surface area contributed by atoms with Crippen LogP contribution in [0.1, 0.15) is 54.4 Å². The number of alkyl halides is 3. The van der Waals surface area contributed by atoms with E-state index in [0.717, 1.165) is 25.0 Å². The van der Waals surface area contributed by atoms with Crippen LogP contribution in [0.5, 0.6) is 0 Å². The maximum atomic E-state index is 13.4. The molecule has 0 aliphatic heterocycles. The van der Waals surface area contributed by atoms with Crippen molar-refractivity contribution >= 4 is 22.7 Å². The SMILES string of the molecule is O=C(O)C(=O)c1c(-c2cccc(C(F)(F)F)c2)n(CCCC2CCCC2)c2ccccc12. The smallest absolute Gasteiger partial charge is 0.416 e. The quantitative estimate of drug-likeness (QED) is 0.332. The summed E-state index contributed by atoms with van der Waals surface area (Å²) in [5.74, 6) is -2.11. The molecule has 1 aliphatic rings. The molecule has 0 bridgehead atoms. The zero-order valence-electron chi connectivity index (χ0n) is 17.5. The van der Waals surface area contributed by atoms with Gasteiger partial charge in [0.1, 0.15) is 0 Å². The lowest BCUT2D eigenvalue weighted by Gasteiger charge is -2.15. The van der Waals surface area contributed by atoms with Gasteiger partial charge >= 0.3 is 12.1 Å². The van der Waals surface area contributed by atoms with Crippen LogP contribution in [0.3, 0.4) is 0 Å². The summed E-state index contributed by atoms with van der Waals surface area (Å²) in [4.78, 5) is 24.3. The number of benzene rings is 2. The van der Waals surface area contributed by atoms with Gasteiger partial charge in [0.05, 0.1) is 16.8 Å². The van der Waals surface area contributed by atoms with Crippen LogP contribution < -0.4 is 0 Å². The van der Waals surface area contributed by atoms with Crippen LogP contribution >= 0.6 is 0 Å². The third-order valence-corrected chi connectivity index (χ3v) is 6.32. The van der Waals surface area contributed by atoms with E-state index in [0.29, 0.717) is 23.4 Å². The number of carboxylic acids is 1. The topological polar surface area (TPSA) is 59.3 Å². The van der Waals surface area contributed by atoms with E-state index in [1.54, 1.807) is 24.3 Å². The second-order valence-corrected chi connectivity index (χ2v) is 8.40. The van der Waals surface area contributed by atoms with Crippen LogP contribution in [0.25, 0.3) is 22.2 Å². The summed E-state index contributed by atoms with van der Waals surface area (Å²) in [7, 11) is 0. The number of ketones is 1. The van der Waals surface area contributed by atoms with E-state index in [-0.39, 0.29) is 16.8 Å². The van der Waals surface area contributed by atoms with E-state index in [1.807, 2.05) is 4.57 Å². The van der Waals surface area contributed by atoms with Gasteiger partial charge in [0.25, 0.3) is 5.78 Å². The second kappa shape index (κ2) is 8.81. The Morgan fingerprint density at radius 1 is 1.03 bits per heavy atom. The second-order valence-electron chi connectivity index (χ2n) is 8.40. The molecule has 0 amide bonds. The molecule has 3 aromatic rings. The van der Waals surface area contributed by atoms with Crippen molar-refractivity contribution in [3.05, 3.63) is 59.7 Å². The minimum Gasteiger partial charge on any atom is -0.475 e. The largest absolute Gasteiger partial charge is 0.475 e. The average molecular weight is 443 g/mol. The van der Waals surface area contributed by atoms with Gasteiger partial charge in [-0.1, -0.05) is 56.0 Å². The van der Waals surface area contributed by atoms with Crippen LogP contribution in [0, 0.1) is 5.92 Å². The standard InChI is InChI=1S/C25H24F3NO3/c26-25(27,28)18-11-5-10-17(15-18)22-21(23(30)24(31)32)19-12-3-4-13-20(19)29(22)14-6-9-16-7-1-2-8-16/h3-5,10-13,15-16H,1-2,6-9,14H2,(H,31,32). The lowest BCUT2D eigenvalue weighted by Crippen LogP contribution is -2.14. The number of nitrogens with zero attached hydrogens (tertiary/aromatic N) is 1. The van der Waals surface area contributed by atoms with Crippen molar-refractivity contribution < 1.29 is 27.9 Å². The number of carbonyl (C=O) groups is 2. The predicted molar refractivity (Wildman–Crippen MR) is 116 cm³/mol. The van der Waals surface area contributed by atoms with E-state index in [9.17, 15) is 27.9 Å². The molecule has 7 heteroatoms. The molecule has 0 spiro atoms. The molecule has 1 saturated carbocycles. The average Bonchev–Trinajstić information content (AvgIpc) is 3.39.